The Bertz CT molecular complexity index is 1160. The minimum absolute atomic E-state index is 0.151. The van der Waals surface area contributed by atoms with Crippen molar-refractivity contribution in [2.75, 3.05) is 18.9 Å². The number of nitrogens with zero attached hydrogens (tertiary/aromatic N) is 3. The number of rotatable bonds is 8. The van der Waals surface area contributed by atoms with Crippen LogP contribution < -0.4 is 5.56 Å². The molecule has 3 heterocycles. The first-order valence-corrected chi connectivity index (χ1v) is 11.4. The summed E-state index contributed by atoms with van der Waals surface area (Å²) in [5.74, 6) is -0.802. The number of carbonyl (C=O) groups is 1. The van der Waals surface area contributed by atoms with Gasteiger partial charge in [0.1, 0.15) is 12.3 Å². The Morgan fingerprint density at radius 1 is 1.24 bits per heavy atom. The summed E-state index contributed by atoms with van der Waals surface area (Å²) in [7, 11) is 0. The number of carbonyl (C=O) groups excluding carboxylic acids is 1. The van der Waals surface area contributed by atoms with Crippen LogP contribution in [0.2, 0.25) is 0 Å². The van der Waals surface area contributed by atoms with E-state index >= 15 is 0 Å². The molecule has 11 heteroatoms. The van der Waals surface area contributed by atoms with Crippen molar-refractivity contribution in [1.29, 1.82) is 0 Å². The Balaban J connectivity index is 1.57. The number of thioether (sulfide) groups is 1. The van der Waals surface area contributed by atoms with Crippen molar-refractivity contribution in [1.82, 2.24) is 14.5 Å². The monoisotopic (exact) mass is 481 g/mol. The number of amides is 1. The Morgan fingerprint density at radius 3 is 2.76 bits per heavy atom. The van der Waals surface area contributed by atoms with Crippen molar-refractivity contribution < 1.29 is 27.1 Å². The summed E-state index contributed by atoms with van der Waals surface area (Å²) >= 11 is 0.942. The minimum atomic E-state index is -4.56. The molecule has 0 bridgehead atoms. The highest BCUT2D eigenvalue weighted by Crippen LogP contribution is 2.23. The number of para-hydroxylation sites is 1. The predicted octanol–water partition coefficient (Wildman–Crippen LogP) is 3.85. The van der Waals surface area contributed by atoms with Gasteiger partial charge in [-0.2, -0.15) is 13.2 Å². The summed E-state index contributed by atoms with van der Waals surface area (Å²) in [6.45, 7) is -0.826. The van der Waals surface area contributed by atoms with Crippen molar-refractivity contribution >= 4 is 28.6 Å². The summed E-state index contributed by atoms with van der Waals surface area (Å²) in [6.07, 6.45) is -1.69. The van der Waals surface area contributed by atoms with Crippen LogP contribution in [0.5, 0.6) is 0 Å². The van der Waals surface area contributed by atoms with E-state index in [1.807, 2.05) is 0 Å². The van der Waals surface area contributed by atoms with Crippen molar-refractivity contribution in [2.24, 2.45) is 0 Å². The van der Waals surface area contributed by atoms with Crippen LogP contribution in [0.25, 0.3) is 10.9 Å². The highest BCUT2D eigenvalue weighted by atomic mass is 32.2. The van der Waals surface area contributed by atoms with Gasteiger partial charge in [-0.05, 0) is 37.1 Å². The standard InChI is InChI=1S/C22H22F3N3O4S/c23-22(24,25)14-27(11-15-5-3-9-31-15)19(29)13-33-21-26-18-8-2-1-7-17(18)20(30)28(21)12-16-6-4-10-32-16/h1-3,5,7-9,16H,4,6,10-14H2. The molecule has 0 N–H and O–H groups in total. The molecule has 0 spiro atoms. The second-order valence-electron chi connectivity index (χ2n) is 7.70. The molecule has 7 nitrogen and oxygen atoms in total. The molecular formula is C22H22F3N3O4S. The van der Waals surface area contributed by atoms with Gasteiger partial charge in [0, 0.05) is 6.61 Å². The largest absolute Gasteiger partial charge is 0.467 e. The molecule has 0 saturated carbocycles. The van der Waals surface area contributed by atoms with E-state index in [2.05, 4.69) is 4.98 Å². The smallest absolute Gasteiger partial charge is 0.406 e. The third-order valence-electron chi connectivity index (χ3n) is 5.21. The van der Waals surface area contributed by atoms with Crippen molar-refractivity contribution in [3.05, 3.63) is 58.8 Å². The predicted molar refractivity (Wildman–Crippen MR) is 116 cm³/mol. The Kier molecular flexibility index (Phi) is 7.08. The third kappa shape index (κ3) is 5.97. The second kappa shape index (κ2) is 10.0. The number of fused-ring (bicyclic) bond motifs is 1. The summed E-state index contributed by atoms with van der Waals surface area (Å²) in [4.78, 5) is 31.1. The molecule has 1 aromatic carbocycles. The van der Waals surface area contributed by atoms with Crippen LogP contribution in [0, 0.1) is 0 Å². The van der Waals surface area contributed by atoms with Crippen LogP contribution in [-0.2, 0) is 22.6 Å². The van der Waals surface area contributed by atoms with Crippen LogP contribution >= 0.6 is 11.8 Å². The van der Waals surface area contributed by atoms with Crippen LogP contribution in [-0.4, -0.2) is 51.5 Å². The van der Waals surface area contributed by atoms with E-state index in [1.165, 1.54) is 16.9 Å². The van der Waals surface area contributed by atoms with Gasteiger partial charge < -0.3 is 14.1 Å². The highest BCUT2D eigenvalue weighted by molar-refractivity contribution is 7.99. The number of hydrogen-bond donors (Lipinski definition) is 0. The number of halogens is 3. The summed E-state index contributed by atoms with van der Waals surface area (Å²) < 4.78 is 51.4. The number of ether oxygens (including phenoxy) is 1. The number of furan rings is 1. The second-order valence-corrected chi connectivity index (χ2v) is 8.64. The van der Waals surface area contributed by atoms with E-state index in [1.54, 1.807) is 30.3 Å². The first kappa shape index (κ1) is 23.4. The normalized spacial score (nSPS) is 16.4. The van der Waals surface area contributed by atoms with E-state index in [-0.39, 0.29) is 41.4 Å². The molecule has 1 amide bonds. The van der Waals surface area contributed by atoms with E-state index in [9.17, 15) is 22.8 Å². The lowest BCUT2D eigenvalue weighted by Gasteiger charge is -2.23. The lowest BCUT2D eigenvalue weighted by molar-refractivity contribution is -0.161. The zero-order chi connectivity index (χ0) is 23.4. The molecule has 1 atom stereocenters. The molecule has 1 unspecified atom stereocenters. The fourth-order valence-corrected chi connectivity index (χ4v) is 4.58. The van der Waals surface area contributed by atoms with Crippen LogP contribution in [0.15, 0.2) is 57.0 Å². The zero-order valence-electron chi connectivity index (χ0n) is 17.6. The Labute approximate surface area is 191 Å². The molecule has 1 fully saturated rings. The van der Waals surface area contributed by atoms with Crippen LogP contribution in [0.1, 0.15) is 18.6 Å². The number of hydrogen-bond acceptors (Lipinski definition) is 6. The summed E-state index contributed by atoms with van der Waals surface area (Å²) in [5.41, 5.74) is 0.192. The molecular weight excluding hydrogens is 459 g/mol. The molecule has 33 heavy (non-hydrogen) atoms. The van der Waals surface area contributed by atoms with Crippen molar-refractivity contribution in [2.45, 2.75) is 43.4 Å². The average Bonchev–Trinajstić information content (AvgIpc) is 3.47. The summed E-state index contributed by atoms with van der Waals surface area (Å²) in [5, 5.41) is 0.704. The molecule has 2 aromatic heterocycles. The first-order valence-electron chi connectivity index (χ1n) is 10.4. The molecule has 1 aliphatic rings. The van der Waals surface area contributed by atoms with Gasteiger partial charge in [-0.3, -0.25) is 14.2 Å². The molecule has 176 valence electrons. The quantitative estimate of drug-likeness (QED) is 0.359. The van der Waals surface area contributed by atoms with Gasteiger partial charge in [-0.1, -0.05) is 23.9 Å². The van der Waals surface area contributed by atoms with E-state index in [0.29, 0.717) is 22.4 Å². The van der Waals surface area contributed by atoms with Gasteiger partial charge in [0.2, 0.25) is 5.91 Å². The maximum absolute atomic E-state index is 13.1. The van der Waals surface area contributed by atoms with Crippen molar-refractivity contribution in [3.8, 4) is 0 Å². The van der Waals surface area contributed by atoms with Gasteiger partial charge in [-0.15, -0.1) is 0 Å². The molecule has 1 aliphatic heterocycles. The molecule has 0 radical (unpaired) electrons. The first-order chi connectivity index (χ1) is 15.8. The number of benzene rings is 1. The fourth-order valence-electron chi connectivity index (χ4n) is 3.67. The Hall–Kier alpha value is -2.79. The lowest BCUT2D eigenvalue weighted by Crippen LogP contribution is -2.39. The molecule has 1 saturated heterocycles. The topological polar surface area (TPSA) is 77.6 Å². The average molecular weight is 481 g/mol. The zero-order valence-corrected chi connectivity index (χ0v) is 18.4. The highest BCUT2D eigenvalue weighted by Gasteiger charge is 2.33. The number of alkyl halides is 3. The minimum Gasteiger partial charge on any atom is -0.467 e. The van der Waals surface area contributed by atoms with Crippen LogP contribution in [0.3, 0.4) is 0 Å². The number of aromatic nitrogens is 2. The Morgan fingerprint density at radius 2 is 2.06 bits per heavy atom. The van der Waals surface area contributed by atoms with Gasteiger partial charge in [0.15, 0.2) is 5.16 Å². The molecule has 0 aliphatic carbocycles. The van der Waals surface area contributed by atoms with Crippen molar-refractivity contribution in [3.63, 3.8) is 0 Å². The lowest BCUT2D eigenvalue weighted by atomic mass is 10.2. The fraction of sp³-hybridized carbons (Fsp3) is 0.409. The van der Waals surface area contributed by atoms with Crippen LogP contribution in [0.4, 0.5) is 13.2 Å². The van der Waals surface area contributed by atoms with E-state index < -0.39 is 18.6 Å². The molecule has 3 aromatic rings. The van der Waals surface area contributed by atoms with Gasteiger partial charge >= 0.3 is 6.18 Å². The van der Waals surface area contributed by atoms with Gasteiger partial charge in [0.05, 0.1) is 42.1 Å². The van der Waals surface area contributed by atoms with Gasteiger partial charge in [0.25, 0.3) is 5.56 Å². The maximum Gasteiger partial charge on any atom is 0.406 e. The van der Waals surface area contributed by atoms with Gasteiger partial charge in [-0.25, -0.2) is 4.98 Å². The SMILES string of the molecule is O=C(CSc1nc2ccccc2c(=O)n1CC1CCCO1)N(Cc1ccco1)CC(F)(F)F. The maximum atomic E-state index is 13.1. The third-order valence-corrected chi connectivity index (χ3v) is 6.17. The van der Waals surface area contributed by atoms with E-state index in [4.69, 9.17) is 9.15 Å². The molecule has 4 rings (SSSR count). The summed E-state index contributed by atoms with van der Waals surface area (Å²) in [6, 6.07) is 9.89. The van der Waals surface area contributed by atoms with E-state index in [0.717, 1.165) is 24.6 Å².